The van der Waals surface area contributed by atoms with E-state index in [1.54, 1.807) is 48.5 Å². The third-order valence-electron chi connectivity index (χ3n) is 4.05. The second-order valence-corrected chi connectivity index (χ2v) is 7.86. The zero-order valence-corrected chi connectivity index (χ0v) is 14.5. The Labute approximate surface area is 146 Å². The summed E-state index contributed by atoms with van der Waals surface area (Å²) in [5.74, 6) is -0.421. The molecule has 0 unspecified atom stereocenters. The van der Waals surface area contributed by atoms with Gasteiger partial charge < -0.3 is 5.32 Å². The van der Waals surface area contributed by atoms with Gasteiger partial charge in [-0.15, -0.1) is 0 Å². The quantitative estimate of drug-likeness (QED) is 0.852. The maximum atomic E-state index is 12.5. The fraction of sp³-hybridized carbons (Fsp3) is 0.222. The predicted molar refractivity (Wildman–Crippen MR) is 96.6 cm³/mol. The Bertz CT molecular complexity index is 938. The van der Waals surface area contributed by atoms with Gasteiger partial charge in [0.05, 0.1) is 17.1 Å². The lowest BCUT2D eigenvalue weighted by molar-refractivity contribution is 0.101. The highest BCUT2D eigenvalue weighted by atomic mass is 32.2. The van der Waals surface area contributed by atoms with Crippen LogP contribution in [0.4, 0.5) is 11.4 Å². The van der Waals surface area contributed by atoms with Crippen molar-refractivity contribution in [1.82, 2.24) is 0 Å². The average molecular weight is 358 g/mol. The number of Topliss-reactive ketones (excluding diaryl/α,β-unsaturated/α-hetero) is 1. The number of carbonyl (C=O) groups excluding carboxylic acids is 2. The van der Waals surface area contributed by atoms with Crippen LogP contribution in [0.2, 0.25) is 0 Å². The van der Waals surface area contributed by atoms with E-state index in [0.29, 0.717) is 35.5 Å². The van der Waals surface area contributed by atoms with Crippen molar-refractivity contribution in [2.45, 2.75) is 13.3 Å². The van der Waals surface area contributed by atoms with Gasteiger partial charge in [-0.3, -0.25) is 13.9 Å². The number of benzene rings is 2. The zero-order valence-electron chi connectivity index (χ0n) is 13.7. The SMILES string of the molecule is CC(=O)c1ccccc1NC(=O)c1cccc(N2CCCS2(=O)=O)c1. The molecule has 1 aliphatic heterocycles. The van der Waals surface area contributed by atoms with Gasteiger partial charge in [0.1, 0.15) is 0 Å². The van der Waals surface area contributed by atoms with Crippen molar-refractivity contribution < 1.29 is 18.0 Å². The molecule has 1 fully saturated rings. The fourth-order valence-corrected chi connectivity index (χ4v) is 4.38. The first-order valence-electron chi connectivity index (χ1n) is 7.90. The number of para-hydroxylation sites is 1. The van der Waals surface area contributed by atoms with Crippen LogP contribution in [0.3, 0.4) is 0 Å². The first kappa shape index (κ1) is 17.2. The van der Waals surface area contributed by atoms with Crippen molar-refractivity contribution in [3.8, 4) is 0 Å². The second kappa shape index (κ2) is 6.68. The fourth-order valence-electron chi connectivity index (χ4n) is 2.83. The van der Waals surface area contributed by atoms with Gasteiger partial charge in [-0.25, -0.2) is 8.42 Å². The molecule has 0 spiro atoms. The monoisotopic (exact) mass is 358 g/mol. The molecule has 2 aromatic carbocycles. The van der Waals surface area contributed by atoms with E-state index in [1.807, 2.05) is 0 Å². The summed E-state index contributed by atoms with van der Waals surface area (Å²) in [6.07, 6.45) is 0.574. The summed E-state index contributed by atoms with van der Waals surface area (Å²) in [4.78, 5) is 24.2. The number of ketones is 1. The smallest absolute Gasteiger partial charge is 0.255 e. The van der Waals surface area contributed by atoms with Crippen molar-refractivity contribution in [3.63, 3.8) is 0 Å². The number of rotatable bonds is 4. The molecule has 6 nitrogen and oxygen atoms in total. The molecule has 7 heteroatoms. The van der Waals surface area contributed by atoms with Crippen LogP contribution < -0.4 is 9.62 Å². The number of hydrogen-bond donors (Lipinski definition) is 1. The van der Waals surface area contributed by atoms with Crippen LogP contribution in [0, 0.1) is 0 Å². The van der Waals surface area contributed by atoms with Gasteiger partial charge in [0.15, 0.2) is 5.78 Å². The number of carbonyl (C=O) groups is 2. The molecule has 1 N–H and O–H groups in total. The second-order valence-electron chi connectivity index (χ2n) is 5.85. The van der Waals surface area contributed by atoms with E-state index in [1.165, 1.54) is 11.2 Å². The molecule has 1 heterocycles. The van der Waals surface area contributed by atoms with E-state index in [9.17, 15) is 18.0 Å². The molecule has 3 rings (SSSR count). The maximum Gasteiger partial charge on any atom is 0.255 e. The van der Waals surface area contributed by atoms with Crippen LogP contribution in [0.15, 0.2) is 48.5 Å². The van der Waals surface area contributed by atoms with Crippen LogP contribution >= 0.6 is 0 Å². The highest BCUT2D eigenvalue weighted by Crippen LogP contribution is 2.25. The molecule has 1 saturated heterocycles. The lowest BCUT2D eigenvalue weighted by Gasteiger charge is -2.17. The summed E-state index contributed by atoms with van der Waals surface area (Å²) in [6, 6.07) is 13.2. The molecule has 25 heavy (non-hydrogen) atoms. The van der Waals surface area contributed by atoms with Crippen molar-refractivity contribution in [3.05, 3.63) is 59.7 Å². The summed E-state index contributed by atoms with van der Waals surface area (Å²) >= 11 is 0. The molecule has 2 aromatic rings. The van der Waals surface area contributed by atoms with Crippen molar-refractivity contribution in [1.29, 1.82) is 0 Å². The Balaban J connectivity index is 1.87. The normalized spacial score (nSPS) is 15.8. The zero-order chi connectivity index (χ0) is 18.0. The minimum absolute atomic E-state index is 0.120. The summed E-state index contributed by atoms with van der Waals surface area (Å²) in [7, 11) is -3.30. The number of nitrogens with one attached hydrogen (secondary N) is 1. The Morgan fingerprint density at radius 2 is 1.84 bits per heavy atom. The maximum absolute atomic E-state index is 12.5. The van der Waals surface area contributed by atoms with Crippen LogP contribution in [0.25, 0.3) is 0 Å². The summed E-state index contributed by atoms with van der Waals surface area (Å²) in [5.41, 5.74) is 1.66. The van der Waals surface area contributed by atoms with Crippen LogP contribution in [-0.2, 0) is 10.0 Å². The molecular weight excluding hydrogens is 340 g/mol. The summed E-state index contributed by atoms with van der Waals surface area (Å²) in [5, 5.41) is 2.72. The number of hydrogen-bond acceptors (Lipinski definition) is 4. The van der Waals surface area contributed by atoms with Crippen molar-refractivity contribution in [2.24, 2.45) is 0 Å². The molecule has 0 radical (unpaired) electrons. The molecule has 0 saturated carbocycles. The first-order chi connectivity index (χ1) is 11.9. The molecule has 130 valence electrons. The standard InChI is InChI=1S/C18H18N2O4S/c1-13(21)16-8-2-3-9-17(16)19-18(22)14-6-4-7-15(12-14)20-10-5-11-25(20,23)24/h2-4,6-9,12H,5,10-11H2,1H3,(H,19,22). The molecule has 0 aromatic heterocycles. The van der Waals surface area contributed by atoms with Crippen molar-refractivity contribution >= 4 is 33.1 Å². The lowest BCUT2D eigenvalue weighted by Crippen LogP contribution is -2.25. The van der Waals surface area contributed by atoms with Gasteiger partial charge in [0, 0.05) is 17.7 Å². The van der Waals surface area contributed by atoms with E-state index < -0.39 is 15.9 Å². The van der Waals surface area contributed by atoms with Gasteiger partial charge in [-0.1, -0.05) is 18.2 Å². The van der Waals surface area contributed by atoms with Crippen LogP contribution in [0.1, 0.15) is 34.1 Å². The Morgan fingerprint density at radius 1 is 1.08 bits per heavy atom. The van der Waals surface area contributed by atoms with E-state index in [-0.39, 0.29) is 11.5 Å². The van der Waals surface area contributed by atoms with Gasteiger partial charge >= 0.3 is 0 Å². The largest absolute Gasteiger partial charge is 0.321 e. The molecule has 1 aliphatic rings. The summed E-state index contributed by atoms with van der Waals surface area (Å²) in [6.45, 7) is 1.85. The van der Waals surface area contributed by atoms with E-state index in [4.69, 9.17) is 0 Å². The molecule has 1 amide bonds. The molecule has 0 aliphatic carbocycles. The third-order valence-corrected chi connectivity index (χ3v) is 5.92. The van der Waals surface area contributed by atoms with Crippen LogP contribution in [0.5, 0.6) is 0 Å². The number of nitrogens with zero attached hydrogens (tertiary/aromatic N) is 1. The van der Waals surface area contributed by atoms with E-state index in [2.05, 4.69) is 5.32 Å². The number of sulfonamides is 1. The highest BCUT2D eigenvalue weighted by molar-refractivity contribution is 7.93. The van der Waals surface area contributed by atoms with Gasteiger partial charge in [0.25, 0.3) is 5.91 Å². The number of amides is 1. The van der Waals surface area contributed by atoms with Crippen molar-refractivity contribution in [2.75, 3.05) is 21.9 Å². The van der Waals surface area contributed by atoms with E-state index in [0.717, 1.165) is 0 Å². The summed E-state index contributed by atoms with van der Waals surface area (Å²) < 4.78 is 25.4. The highest BCUT2D eigenvalue weighted by Gasteiger charge is 2.28. The van der Waals surface area contributed by atoms with E-state index >= 15 is 0 Å². The minimum atomic E-state index is -3.30. The van der Waals surface area contributed by atoms with Crippen LogP contribution in [-0.4, -0.2) is 32.4 Å². The molecule has 0 atom stereocenters. The Kier molecular flexibility index (Phi) is 4.59. The van der Waals surface area contributed by atoms with Gasteiger partial charge in [-0.05, 0) is 43.7 Å². The Hall–Kier alpha value is -2.67. The van der Waals surface area contributed by atoms with Gasteiger partial charge in [0.2, 0.25) is 10.0 Å². The Morgan fingerprint density at radius 3 is 2.52 bits per heavy atom. The lowest BCUT2D eigenvalue weighted by atomic mass is 10.1. The minimum Gasteiger partial charge on any atom is -0.321 e. The molecular formula is C18H18N2O4S. The predicted octanol–water partition coefficient (Wildman–Crippen LogP) is 2.68. The molecule has 0 bridgehead atoms. The first-order valence-corrected chi connectivity index (χ1v) is 9.51. The van der Waals surface area contributed by atoms with Gasteiger partial charge in [-0.2, -0.15) is 0 Å². The topological polar surface area (TPSA) is 83.6 Å². The average Bonchev–Trinajstić information content (AvgIpc) is 2.94. The number of anilines is 2. The third kappa shape index (κ3) is 3.56.